The molecule has 0 bridgehead atoms. The Kier molecular flexibility index (Phi) is 8.60. The van der Waals surface area contributed by atoms with E-state index < -0.39 is 61.4 Å². The van der Waals surface area contributed by atoms with E-state index in [-0.39, 0.29) is 17.3 Å². The number of nitrogens with two attached hydrogens (primary N) is 1. The van der Waals surface area contributed by atoms with E-state index in [1.165, 1.54) is 30.0 Å². The Hall–Kier alpha value is -3.07. The molecule has 2 aliphatic rings. The Balaban J connectivity index is 1.43. The van der Waals surface area contributed by atoms with Crippen LogP contribution in [0.5, 0.6) is 5.75 Å². The average molecular weight is 642 g/mol. The van der Waals surface area contributed by atoms with Gasteiger partial charge in [0.25, 0.3) is 0 Å². The van der Waals surface area contributed by atoms with E-state index in [4.69, 9.17) is 35.9 Å². The number of hydrogen-bond donors (Lipinski definition) is 4. The first-order chi connectivity index (χ1) is 20.4. The van der Waals surface area contributed by atoms with E-state index in [2.05, 4.69) is 25.4 Å². The summed E-state index contributed by atoms with van der Waals surface area (Å²) in [6.45, 7) is 7.29. The van der Waals surface area contributed by atoms with Crippen molar-refractivity contribution in [2.75, 3.05) is 23.5 Å². The molecule has 1 saturated carbocycles. The van der Waals surface area contributed by atoms with Crippen LogP contribution in [0.15, 0.2) is 36.7 Å². The van der Waals surface area contributed by atoms with E-state index in [9.17, 15) is 14.5 Å². The normalized spacial score (nSPS) is 28.3. The SMILES string of the molecule is CCCNc1nc(N)nc2c1ncn2[C@@H]1O[C@]2(CCl)C(O[P@](=O)(N[C@@H](C)C(=O)OC(C)C)Oc3ccccc3)[C@]2(O)[C@H]1F. The highest BCUT2D eigenvalue weighted by atomic mass is 35.5. The zero-order valence-corrected chi connectivity index (χ0v) is 25.6. The van der Waals surface area contributed by atoms with E-state index in [1.807, 2.05) is 6.92 Å². The second-order valence-corrected chi connectivity index (χ2v) is 12.6. The highest BCUT2D eigenvalue weighted by Gasteiger charge is 2.90. The van der Waals surface area contributed by atoms with Crippen molar-refractivity contribution in [2.45, 2.75) is 76.0 Å². The summed E-state index contributed by atoms with van der Waals surface area (Å²) in [4.78, 5) is 25.2. The molecule has 5 N–H and O–H groups in total. The van der Waals surface area contributed by atoms with Crippen LogP contribution in [0.2, 0.25) is 0 Å². The van der Waals surface area contributed by atoms with Gasteiger partial charge in [-0.15, -0.1) is 11.6 Å². The second-order valence-electron chi connectivity index (χ2n) is 10.7. The van der Waals surface area contributed by atoms with Gasteiger partial charge in [-0.05, 0) is 39.3 Å². The molecule has 2 fully saturated rings. The first-order valence-electron chi connectivity index (χ1n) is 13.7. The van der Waals surface area contributed by atoms with Crippen LogP contribution in [-0.4, -0.2) is 78.6 Å². The Morgan fingerprint density at radius 1 is 1.30 bits per heavy atom. The summed E-state index contributed by atoms with van der Waals surface area (Å²) in [5.74, 6) is -0.741. The highest BCUT2D eigenvalue weighted by molar-refractivity contribution is 7.52. The first-order valence-corrected chi connectivity index (χ1v) is 15.8. The molecule has 1 aliphatic heterocycles. The van der Waals surface area contributed by atoms with Crippen molar-refractivity contribution < 1.29 is 37.4 Å². The van der Waals surface area contributed by atoms with Crippen molar-refractivity contribution in [3.63, 3.8) is 0 Å². The van der Waals surface area contributed by atoms with Gasteiger partial charge in [-0.2, -0.15) is 15.1 Å². The molecule has 1 aromatic carbocycles. The van der Waals surface area contributed by atoms with E-state index in [0.29, 0.717) is 17.9 Å². The zero-order valence-electron chi connectivity index (χ0n) is 23.9. The highest BCUT2D eigenvalue weighted by Crippen LogP contribution is 2.69. The minimum absolute atomic E-state index is 0.0754. The molecule has 234 valence electrons. The molecule has 5 rings (SSSR count). The van der Waals surface area contributed by atoms with Crippen LogP contribution >= 0.6 is 19.3 Å². The molecule has 1 aliphatic carbocycles. The minimum atomic E-state index is -4.49. The van der Waals surface area contributed by atoms with E-state index in [1.54, 1.807) is 32.0 Å². The van der Waals surface area contributed by atoms with Gasteiger partial charge < -0.3 is 30.2 Å². The predicted octanol–water partition coefficient (Wildman–Crippen LogP) is 3.32. The number of alkyl halides is 2. The maximum absolute atomic E-state index is 16.2. The number of halogens is 2. The minimum Gasteiger partial charge on any atom is -0.462 e. The van der Waals surface area contributed by atoms with Crippen LogP contribution < -0.4 is 20.7 Å². The molecular formula is C26H34ClFN7O7P. The number of nitrogens with one attached hydrogen (secondary N) is 2. The molecule has 17 heteroatoms. The van der Waals surface area contributed by atoms with Crippen LogP contribution in [0.3, 0.4) is 0 Å². The molecule has 43 heavy (non-hydrogen) atoms. The average Bonchev–Trinajstić information content (AvgIpc) is 3.18. The molecule has 14 nitrogen and oxygen atoms in total. The molecule has 2 aromatic heterocycles. The Bertz CT molecular complexity index is 1530. The smallest absolute Gasteiger partial charge is 0.459 e. The third-order valence-corrected chi connectivity index (χ3v) is 9.18. The van der Waals surface area contributed by atoms with Crippen molar-refractivity contribution in [2.24, 2.45) is 0 Å². The molecule has 1 saturated heterocycles. The number of esters is 1. The van der Waals surface area contributed by atoms with Gasteiger partial charge in [0.2, 0.25) is 5.95 Å². The van der Waals surface area contributed by atoms with E-state index >= 15 is 4.39 Å². The van der Waals surface area contributed by atoms with E-state index in [0.717, 1.165) is 6.42 Å². The number of carbonyl (C=O) groups excluding carboxylic acids is 1. The van der Waals surface area contributed by atoms with Gasteiger partial charge in [0.05, 0.1) is 18.3 Å². The Labute approximate surface area is 252 Å². The standard InChI is InChI=1S/C26H34ClFN7O7P/c1-5-11-30-19-17-20(33-24(29)32-19)35(13-31-17)21-18(28)26(37)23(25(26,12-27)40-21)42-43(38,41-16-9-7-6-8-10-16)34-15(4)22(36)39-14(2)3/h6-10,13-15,18,21,23,37H,5,11-12H2,1-4H3,(H,34,38)(H3,29,30,32,33)/t15-,18-,21+,23?,25+,26+,43-/m0/s1. The van der Waals surface area contributed by atoms with Gasteiger partial charge in [0.1, 0.15) is 23.5 Å². The number of ether oxygens (including phenoxy) is 2. The number of imidazole rings is 1. The lowest BCUT2D eigenvalue weighted by atomic mass is 10.1. The van der Waals surface area contributed by atoms with Gasteiger partial charge >= 0.3 is 13.7 Å². The fraction of sp³-hybridized carbons (Fsp3) is 0.538. The number of aromatic nitrogens is 4. The summed E-state index contributed by atoms with van der Waals surface area (Å²) < 4.78 is 54.3. The van der Waals surface area contributed by atoms with Crippen molar-refractivity contribution in [1.29, 1.82) is 0 Å². The van der Waals surface area contributed by atoms with Gasteiger partial charge in [0, 0.05) is 6.54 Å². The molecule has 3 heterocycles. The second kappa shape index (κ2) is 11.8. The third kappa shape index (κ3) is 5.54. The number of nitrogen functional groups attached to an aromatic ring is 1. The fourth-order valence-electron chi connectivity index (χ4n) is 5.03. The lowest BCUT2D eigenvalue weighted by Gasteiger charge is -2.27. The number of anilines is 2. The van der Waals surface area contributed by atoms with Crippen LogP contribution in [0.25, 0.3) is 11.2 Å². The number of rotatable bonds is 13. The Morgan fingerprint density at radius 3 is 2.65 bits per heavy atom. The van der Waals surface area contributed by atoms with Crippen LogP contribution in [0, 0.1) is 0 Å². The monoisotopic (exact) mass is 641 g/mol. The first kappa shape index (κ1) is 31.4. The number of aliphatic hydroxyl groups is 1. The number of fused-ring (bicyclic) bond motifs is 2. The summed E-state index contributed by atoms with van der Waals surface area (Å²) in [5.41, 5.74) is 2.21. The number of hydrogen-bond acceptors (Lipinski definition) is 12. The van der Waals surface area contributed by atoms with Crippen molar-refractivity contribution in [3.8, 4) is 5.75 Å². The van der Waals surface area contributed by atoms with Crippen molar-refractivity contribution >= 4 is 48.2 Å². The lowest BCUT2D eigenvalue weighted by molar-refractivity contribution is -0.149. The molecule has 3 aromatic rings. The quantitative estimate of drug-likeness (QED) is 0.121. The topological polar surface area (TPSA) is 185 Å². The number of carbonyl (C=O) groups is 1. The fourth-order valence-corrected chi connectivity index (χ4v) is 7.19. The third-order valence-electron chi connectivity index (χ3n) is 7.14. The van der Waals surface area contributed by atoms with Crippen LogP contribution in [0.4, 0.5) is 16.2 Å². The summed E-state index contributed by atoms with van der Waals surface area (Å²) in [6, 6.07) is 6.85. The summed E-state index contributed by atoms with van der Waals surface area (Å²) in [5, 5.41) is 17.2. The maximum atomic E-state index is 16.2. The summed E-state index contributed by atoms with van der Waals surface area (Å²) in [7, 11) is -4.49. The van der Waals surface area contributed by atoms with Gasteiger partial charge in [-0.1, -0.05) is 25.1 Å². The summed E-state index contributed by atoms with van der Waals surface area (Å²) >= 11 is 6.26. The molecule has 1 unspecified atom stereocenters. The molecule has 0 spiro atoms. The van der Waals surface area contributed by atoms with Gasteiger partial charge in [0.15, 0.2) is 35.0 Å². The van der Waals surface area contributed by atoms with Crippen molar-refractivity contribution in [1.82, 2.24) is 24.6 Å². The maximum Gasteiger partial charge on any atom is 0.459 e. The molecule has 0 amide bonds. The van der Waals surface area contributed by atoms with Gasteiger partial charge in [-0.25, -0.2) is 13.9 Å². The van der Waals surface area contributed by atoms with Crippen molar-refractivity contribution in [3.05, 3.63) is 36.7 Å². The Morgan fingerprint density at radius 2 is 2.02 bits per heavy atom. The summed E-state index contributed by atoms with van der Waals surface area (Å²) in [6.07, 6.45) is -3.47. The molecule has 7 atom stereocenters. The number of para-hydroxylation sites is 1. The van der Waals surface area contributed by atoms with Crippen LogP contribution in [-0.2, 0) is 23.4 Å². The van der Waals surface area contributed by atoms with Crippen LogP contribution in [0.1, 0.15) is 40.3 Å². The van der Waals surface area contributed by atoms with Gasteiger partial charge in [-0.3, -0.25) is 13.9 Å². The molecular weight excluding hydrogens is 608 g/mol. The molecule has 0 radical (unpaired) electrons. The number of nitrogens with zero attached hydrogens (tertiary/aromatic N) is 4. The lowest BCUT2D eigenvalue weighted by Crippen LogP contribution is -2.38. The zero-order chi connectivity index (χ0) is 31.2. The largest absolute Gasteiger partial charge is 0.462 e. The number of benzene rings is 1. The predicted molar refractivity (Wildman–Crippen MR) is 155 cm³/mol.